The summed E-state index contributed by atoms with van der Waals surface area (Å²) >= 11 is 0. The monoisotopic (exact) mass is 1440 g/mol. The van der Waals surface area contributed by atoms with E-state index >= 15 is 0 Å². The maximum absolute atomic E-state index is 14.0. The molecule has 4 unspecified atom stereocenters. The summed E-state index contributed by atoms with van der Waals surface area (Å²) < 4.78 is 67.8. The van der Waals surface area contributed by atoms with Crippen LogP contribution in [0.4, 0.5) is 20.2 Å². The number of halogens is 2. The number of benzene rings is 6. The zero-order valence-electron chi connectivity index (χ0n) is 58.7. The fourth-order valence-corrected chi connectivity index (χ4v) is 14.0. The first-order valence-corrected chi connectivity index (χ1v) is 37.0. The summed E-state index contributed by atoms with van der Waals surface area (Å²) in [5, 5.41) is 72.3. The highest BCUT2D eigenvalue weighted by Gasteiger charge is 2.54. The molecule has 0 spiro atoms. The number of carbonyl (C=O) groups is 6. The Morgan fingerprint density at radius 3 is 1.48 bits per heavy atom. The van der Waals surface area contributed by atoms with E-state index in [4.69, 9.17) is 32.8 Å². The Morgan fingerprint density at radius 2 is 1.01 bits per heavy atom. The Labute approximate surface area is 597 Å². The molecule has 6 aromatic carbocycles. The predicted octanol–water partition coefficient (Wildman–Crippen LogP) is 10.2. The molecule has 6 aromatic rings. The van der Waals surface area contributed by atoms with Crippen molar-refractivity contribution in [2.45, 2.75) is 178 Å². The highest BCUT2D eigenvalue weighted by atomic mass is 28.4. The predicted molar refractivity (Wildman–Crippen MR) is 378 cm³/mol. The maximum Gasteiger partial charge on any atom is 0.303 e. The zero-order chi connectivity index (χ0) is 74.8. The molecule has 25 heteroatoms. The van der Waals surface area contributed by atoms with Crippen LogP contribution >= 0.6 is 0 Å². The number of aliphatic hydroxyl groups excluding tert-OH is 6. The maximum atomic E-state index is 14.0. The summed E-state index contributed by atoms with van der Waals surface area (Å²) in [6, 6.07) is 39.3. The van der Waals surface area contributed by atoms with E-state index in [-0.39, 0.29) is 42.1 Å². The molecule has 4 aliphatic rings. The lowest BCUT2D eigenvalue weighted by Crippen LogP contribution is -2.61. The van der Waals surface area contributed by atoms with Crippen molar-refractivity contribution in [1.29, 1.82) is 0 Å². The standard InChI is InChI=1S/C46H56FNO12Si.C32H34FNO8/c1-27(49)55-26-40-43(57-29(3)51)44(58-30(4)52)42(56-28(2)50)38(59-40)24-16-31-15-21-35(39(25-31)60-61(8,9)46(5,6)7)41-36(45(54)48(41)34-13-11-10-12-14-34)22-23-37(53)32-17-19-33(47)20-18-32;33-20-10-8-19(9-11-20)24(36)14-13-23-28(34(32(23)41)21-4-2-1-3-5-21)22-12-6-18(16-25(22)37)7-15-26-29(38)31(40)30(39)27(17-35)42-26/h10-21,24-25,36-38,40-44,53H,22-23,26H2,1-9H3;1-12,15-16,23-24,26-31,35-40H,13-14,17H2/b24-16+;15-7+/t36-,37+,38+,40?,41-,42-,43-,44?;23-,24+,26+,27?,28-,29-,30-,31?/m11/s1. The Morgan fingerprint density at radius 1 is 0.563 bits per heavy atom. The minimum atomic E-state index is -2.53. The zero-order valence-corrected chi connectivity index (χ0v) is 59.7. The summed E-state index contributed by atoms with van der Waals surface area (Å²) in [7, 11) is -2.53. The van der Waals surface area contributed by atoms with Gasteiger partial charge in [-0.2, -0.15) is 0 Å². The third kappa shape index (κ3) is 18.9. The summed E-state index contributed by atoms with van der Waals surface area (Å²) in [4.78, 5) is 79.6. The number of ether oxygens (including phenoxy) is 6. The number of para-hydroxylation sites is 2. The number of β-lactam (4-membered cyclic amide) rings is 2. The van der Waals surface area contributed by atoms with Gasteiger partial charge in [0, 0.05) is 50.2 Å². The topological polar surface area (TPSA) is 315 Å². The lowest BCUT2D eigenvalue weighted by molar-refractivity contribution is -0.244. The number of aliphatic hydroxyl groups is 6. The van der Waals surface area contributed by atoms with Gasteiger partial charge in [0.1, 0.15) is 72.5 Å². The van der Waals surface area contributed by atoms with Crippen molar-refractivity contribution in [1.82, 2.24) is 0 Å². The summed E-state index contributed by atoms with van der Waals surface area (Å²) in [6.45, 7) is 14.4. The molecule has 0 aromatic heterocycles. The molecule has 22 nitrogen and oxygen atoms in total. The first kappa shape index (κ1) is 78.1. The molecule has 4 saturated heterocycles. The number of carbonyl (C=O) groups excluding carboxylic acids is 6. The molecule has 10 rings (SSSR count). The molecular formula is C78H90F2N2O20Si. The molecule has 0 radical (unpaired) electrons. The van der Waals surface area contributed by atoms with E-state index in [0.29, 0.717) is 57.8 Å². The minimum absolute atomic E-state index is 0.0616. The molecule has 4 fully saturated rings. The first-order valence-electron chi connectivity index (χ1n) is 34.1. The van der Waals surface area contributed by atoms with Crippen LogP contribution in [-0.2, 0) is 57.2 Å². The molecule has 16 atom stereocenters. The second-order valence-electron chi connectivity index (χ2n) is 27.6. The second kappa shape index (κ2) is 34.1. The fourth-order valence-electron chi connectivity index (χ4n) is 13.0. The highest BCUT2D eigenvalue weighted by molar-refractivity contribution is 6.74. The van der Waals surface area contributed by atoms with E-state index in [2.05, 4.69) is 33.9 Å². The number of nitrogens with zero attached hydrogens (tertiary/aromatic N) is 2. The largest absolute Gasteiger partial charge is 0.543 e. The van der Waals surface area contributed by atoms with E-state index in [0.717, 1.165) is 19.4 Å². The number of esters is 4. The van der Waals surface area contributed by atoms with Crippen molar-refractivity contribution in [2.24, 2.45) is 11.8 Å². The lowest BCUT2D eigenvalue weighted by atomic mass is 9.77. The third-order valence-electron chi connectivity index (χ3n) is 19.3. The highest BCUT2D eigenvalue weighted by Crippen LogP contribution is 2.52. The van der Waals surface area contributed by atoms with E-state index in [1.807, 2.05) is 78.9 Å². The molecule has 4 heterocycles. The normalized spacial score (nSPS) is 25.5. The molecule has 4 aliphatic heterocycles. The number of aromatic hydroxyl groups is 1. The van der Waals surface area contributed by atoms with Crippen LogP contribution in [0.5, 0.6) is 11.5 Å². The van der Waals surface area contributed by atoms with E-state index in [9.17, 15) is 73.3 Å². The molecule has 2 amide bonds. The summed E-state index contributed by atoms with van der Waals surface area (Å²) in [6.07, 6.45) is -6.70. The van der Waals surface area contributed by atoms with Gasteiger partial charge in [-0.05, 0) is 127 Å². The van der Waals surface area contributed by atoms with Crippen molar-refractivity contribution >= 4 is 67.5 Å². The summed E-state index contributed by atoms with van der Waals surface area (Å²) in [5.74, 6) is -4.38. The first-order chi connectivity index (χ1) is 48.8. The molecule has 0 bridgehead atoms. The number of anilines is 2. The van der Waals surface area contributed by atoms with E-state index < -0.39 is 148 Å². The SMILES string of the molecule is CC(=O)OCC1O[C@@H](/C=C/c2ccc([C@@H]3[C@@H](CC[C@H](O)c4ccc(F)cc4)C(=O)N3c3ccccc3)c(O[Si](C)(C)C(C)(C)C)c2)[C@@H](OC(C)=O)C(OC(C)=O)[C@@H]1OC(C)=O.O=C1[C@H](CC[C@H](O)c2ccc(F)cc2)[C@@H](c2ccc(/C=C/[C@@H]3OC(CO)[C@@H](O)C(O)[C@@H]3O)cc2O)N1c1ccccc1. The van der Waals surface area contributed by atoms with Crippen LogP contribution in [-0.4, -0.2) is 154 Å². The van der Waals surface area contributed by atoms with Gasteiger partial charge < -0.3 is 78.4 Å². The molecule has 103 heavy (non-hydrogen) atoms. The van der Waals surface area contributed by atoms with Gasteiger partial charge in [0.25, 0.3) is 0 Å². The van der Waals surface area contributed by atoms with Crippen molar-refractivity contribution < 1.29 is 106 Å². The minimum Gasteiger partial charge on any atom is -0.543 e. The molecule has 7 N–H and O–H groups in total. The number of rotatable bonds is 24. The Hall–Kier alpha value is -9.02. The van der Waals surface area contributed by atoms with Crippen LogP contribution in [0.2, 0.25) is 18.1 Å². The van der Waals surface area contributed by atoms with Gasteiger partial charge in [-0.1, -0.05) is 130 Å². The van der Waals surface area contributed by atoms with Crippen LogP contribution in [0.25, 0.3) is 12.2 Å². The molecule has 0 saturated carbocycles. The van der Waals surface area contributed by atoms with Crippen molar-refractivity contribution in [2.75, 3.05) is 23.0 Å². The molecule has 0 aliphatic carbocycles. The fraction of sp³-hybridized carbons (Fsp3) is 0.410. The Bertz CT molecular complexity index is 3990. The average Bonchev–Trinajstić information content (AvgIpc) is 0.738. The quantitative estimate of drug-likeness (QED) is 0.0128. The van der Waals surface area contributed by atoms with Crippen molar-refractivity contribution in [3.8, 4) is 11.5 Å². The number of amides is 2. The smallest absolute Gasteiger partial charge is 0.303 e. The lowest BCUT2D eigenvalue weighted by Gasteiger charge is -2.49. The number of phenolic OH excluding ortho intramolecular Hbond substituents is 1. The Kier molecular flexibility index (Phi) is 25.8. The number of hydrogen-bond acceptors (Lipinski definition) is 20. The third-order valence-corrected chi connectivity index (χ3v) is 23.7. The van der Waals surface area contributed by atoms with E-state index in [1.54, 1.807) is 40.2 Å². The molecular weight excluding hydrogens is 1350 g/mol. The van der Waals surface area contributed by atoms with Gasteiger partial charge in [0.15, 0.2) is 18.3 Å². The van der Waals surface area contributed by atoms with Crippen LogP contribution in [0.3, 0.4) is 0 Å². The van der Waals surface area contributed by atoms with Gasteiger partial charge in [-0.25, -0.2) is 8.78 Å². The van der Waals surface area contributed by atoms with E-state index in [1.165, 1.54) is 74.5 Å². The van der Waals surface area contributed by atoms with Gasteiger partial charge in [-0.3, -0.25) is 28.8 Å². The van der Waals surface area contributed by atoms with Crippen LogP contribution in [0.1, 0.15) is 132 Å². The van der Waals surface area contributed by atoms with Crippen LogP contribution in [0, 0.1) is 23.5 Å². The van der Waals surface area contributed by atoms with Crippen molar-refractivity contribution in [3.63, 3.8) is 0 Å². The number of phenols is 1. The Balaban J connectivity index is 0.000000255. The van der Waals surface area contributed by atoms with Crippen LogP contribution < -0.4 is 14.2 Å². The number of hydrogen-bond donors (Lipinski definition) is 7. The van der Waals surface area contributed by atoms with Gasteiger partial charge in [0.05, 0.1) is 42.7 Å². The molecule has 550 valence electrons. The van der Waals surface area contributed by atoms with Crippen LogP contribution in [0.15, 0.2) is 158 Å². The van der Waals surface area contributed by atoms with Gasteiger partial charge in [0.2, 0.25) is 20.1 Å². The second-order valence-corrected chi connectivity index (χ2v) is 32.4. The average molecular weight is 1440 g/mol. The van der Waals surface area contributed by atoms with Crippen molar-refractivity contribution in [3.05, 3.63) is 203 Å². The van der Waals surface area contributed by atoms with Gasteiger partial charge >= 0.3 is 23.9 Å². The summed E-state index contributed by atoms with van der Waals surface area (Å²) in [5.41, 5.74) is 4.97. The van der Waals surface area contributed by atoms with Gasteiger partial charge in [-0.15, -0.1) is 0 Å².